The first-order valence-corrected chi connectivity index (χ1v) is 8.78. The molecule has 0 aliphatic rings. The standard InChI is InChI=1S/C16H12BrN3O3S/c1-10-11(5-4-8-14(10)20(21)22)9-24-16-19-18-15(23-16)12-6-2-3-7-13(12)17/h2-8H,9H2,1H3. The van der Waals surface area contributed by atoms with Crippen LogP contribution in [0, 0.1) is 17.0 Å². The summed E-state index contributed by atoms with van der Waals surface area (Å²) < 4.78 is 6.54. The first kappa shape index (κ1) is 16.7. The zero-order valence-electron chi connectivity index (χ0n) is 12.6. The van der Waals surface area contributed by atoms with Crippen LogP contribution in [0.25, 0.3) is 11.5 Å². The van der Waals surface area contributed by atoms with Crippen LogP contribution < -0.4 is 0 Å². The third-order valence-electron chi connectivity index (χ3n) is 3.48. The molecule has 0 aliphatic carbocycles. The van der Waals surface area contributed by atoms with Gasteiger partial charge in [-0.3, -0.25) is 10.1 Å². The lowest BCUT2D eigenvalue weighted by Gasteiger charge is -2.04. The van der Waals surface area contributed by atoms with Gasteiger partial charge in [0.15, 0.2) is 0 Å². The smallest absolute Gasteiger partial charge is 0.277 e. The molecule has 24 heavy (non-hydrogen) atoms. The normalized spacial score (nSPS) is 10.8. The molecule has 0 atom stereocenters. The van der Waals surface area contributed by atoms with Crippen molar-refractivity contribution >= 4 is 33.4 Å². The molecule has 6 nitrogen and oxygen atoms in total. The van der Waals surface area contributed by atoms with Crippen LogP contribution in [0.3, 0.4) is 0 Å². The molecule has 0 aliphatic heterocycles. The summed E-state index contributed by atoms with van der Waals surface area (Å²) in [5.41, 5.74) is 2.46. The molecule has 0 unspecified atom stereocenters. The summed E-state index contributed by atoms with van der Waals surface area (Å²) in [5.74, 6) is 0.950. The molecule has 0 saturated heterocycles. The zero-order chi connectivity index (χ0) is 17.1. The van der Waals surface area contributed by atoms with Crippen LogP contribution in [0.15, 0.2) is 56.6 Å². The predicted molar refractivity (Wildman–Crippen MR) is 94.8 cm³/mol. The van der Waals surface area contributed by atoms with Gasteiger partial charge >= 0.3 is 0 Å². The van der Waals surface area contributed by atoms with Crippen LogP contribution in [-0.2, 0) is 5.75 Å². The van der Waals surface area contributed by atoms with E-state index in [4.69, 9.17) is 4.42 Å². The van der Waals surface area contributed by atoms with Crippen molar-refractivity contribution in [2.45, 2.75) is 17.9 Å². The van der Waals surface area contributed by atoms with Crippen LogP contribution in [0.1, 0.15) is 11.1 Å². The fourth-order valence-electron chi connectivity index (χ4n) is 2.18. The quantitative estimate of drug-likeness (QED) is 0.337. The van der Waals surface area contributed by atoms with Gasteiger partial charge < -0.3 is 4.42 Å². The summed E-state index contributed by atoms with van der Waals surface area (Å²) in [7, 11) is 0. The topological polar surface area (TPSA) is 82.1 Å². The minimum absolute atomic E-state index is 0.118. The molecular formula is C16H12BrN3O3S. The minimum Gasteiger partial charge on any atom is -0.411 e. The Morgan fingerprint density at radius 2 is 2.00 bits per heavy atom. The molecule has 0 N–H and O–H groups in total. The van der Waals surface area contributed by atoms with Gasteiger partial charge in [-0.15, -0.1) is 10.2 Å². The van der Waals surface area contributed by atoms with Gasteiger partial charge in [-0.25, -0.2) is 0 Å². The maximum atomic E-state index is 11.0. The molecule has 0 amide bonds. The number of thioether (sulfide) groups is 1. The Kier molecular flexibility index (Phi) is 4.96. The average molecular weight is 406 g/mol. The molecule has 1 heterocycles. The van der Waals surface area contributed by atoms with Crippen molar-refractivity contribution in [3.63, 3.8) is 0 Å². The van der Waals surface area contributed by atoms with Gasteiger partial charge in [-0.1, -0.05) is 36.0 Å². The molecule has 8 heteroatoms. The second kappa shape index (κ2) is 7.14. The van der Waals surface area contributed by atoms with E-state index < -0.39 is 0 Å². The maximum Gasteiger partial charge on any atom is 0.277 e. The molecule has 2 aromatic carbocycles. The van der Waals surface area contributed by atoms with Crippen molar-refractivity contribution in [2.24, 2.45) is 0 Å². The Labute approximate surface area is 150 Å². The molecule has 0 bridgehead atoms. The van der Waals surface area contributed by atoms with Gasteiger partial charge in [-0.05, 0) is 40.5 Å². The molecule has 0 spiro atoms. The van der Waals surface area contributed by atoms with Gasteiger partial charge in [0, 0.05) is 21.9 Å². The monoisotopic (exact) mass is 405 g/mol. The number of hydrogen-bond acceptors (Lipinski definition) is 6. The van der Waals surface area contributed by atoms with E-state index in [-0.39, 0.29) is 10.6 Å². The highest BCUT2D eigenvalue weighted by atomic mass is 79.9. The lowest BCUT2D eigenvalue weighted by molar-refractivity contribution is -0.385. The fraction of sp³-hybridized carbons (Fsp3) is 0.125. The second-order valence-electron chi connectivity index (χ2n) is 4.96. The highest BCUT2D eigenvalue weighted by Crippen LogP contribution is 2.31. The summed E-state index contributed by atoms with van der Waals surface area (Å²) in [6.45, 7) is 1.74. The van der Waals surface area contributed by atoms with E-state index in [1.807, 2.05) is 30.3 Å². The van der Waals surface area contributed by atoms with Gasteiger partial charge in [0.05, 0.1) is 10.5 Å². The van der Waals surface area contributed by atoms with E-state index >= 15 is 0 Å². The number of benzene rings is 2. The number of nitro groups is 1. The molecule has 3 aromatic rings. The largest absolute Gasteiger partial charge is 0.411 e. The zero-order valence-corrected chi connectivity index (χ0v) is 15.0. The molecular weight excluding hydrogens is 394 g/mol. The number of hydrogen-bond donors (Lipinski definition) is 0. The van der Waals surface area contributed by atoms with Crippen LogP contribution in [0.2, 0.25) is 0 Å². The van der Waals surface area contributed by atoms with Crippen molar-refractivity contribution in [3.8, 4) is 11.5 Å². The van der Waals surface area contributed by atoms with E-state index in [1.54, 1.807) is 13.0 Å². The predicted octanol–water partition coefficient (Wildman–Crippen LogP) is 5.01. The summed E-state index contributed by atoms with van der Waals surface area (Å²) in [6.07, 6.45) is 0. The van der Waals surface area contributed by atoms with E-state index in [0.29, 0.717) is 22.4 Å². The van der Waals surface area contributed by atoms with Crippen molar-refractivity contribution in [1.29, 1.82) is 0 Å². The van der Waals surface area contributed by atoms with Crippen molar-refractivity contribution in [1.82, 2.24) is 10.2 Å². The summed E-state index contributed by atoms with van der Waals surface area (Å²) in [5, 5.41) is 19.5. The van der Waals surface area contributed by atoms with Gasteiger partial charge in [0.1, 0.15) is 0 Å². The number of rotatable bonds is 5. The third-order valence-corrected chi connectivity index (χ3v) is 5.03. The van der Waals surface area contributed by atoms with Gasteiger partial charge in [0.25, 0.3) is 10.9 Å². The van der Waals surface area contributed by atoms with E-state index in [0.717, 1.165) is 15.6 Å². The summed E-state index contributed by atoms with van der Waals surface area (Å²) in [4.78, 5) is 10.6. The molecule has 0 saturated carbocycles. The first-order valence-electron chi connectivity index (χ1n) is 7.00. The van der Waals surface area contributed by atoms with Crippen molar-refractivity contribution in [3.05, 3.63) is 68.2 Å². The van der Waals surface area contributed by atoms with Gasteiger partial charge in [-0.2, -0.15) is 0 Å². The van der Waals surface area contributed by atoms with Crippen molar-refractivity contribution in [2.75, 3.05) is 0 Å². The number of halogens is 1. The Hall–Kier alpha value is -2.19. The molecule has 0 fully saturated rings. The Bertz CT molecular complexity index is 898. The Balaban J connectivity index is 1.76. The highest BCUT2D eigenvalue weighted by molar-refractivity contribution is 9.10. The number of nitrogens with zero attached hydrogens (tertiary/aromatic N) is 3. The van der Waals surface area contributed by atoms with Crippen LogP contribution in [0.5, 0.6) is 0 Å². The van der Waals surface area contributed by atoms with Gasteiger partial charge in [0.2, 0.25) is 5.89 Å². The molecule has 1 aromatic heterocycles. The third kappa shape index (κ3) is 3.49. The maximum absolute atomic E-state index is 11.0. The lowest BCUT2D eigenvalue weighted by Crippen LogP contribution is -1.95. The molecule has 122 valence electrons. The van der Waals surface area contributed by atoms with E-state index in [1.165, 1.54) is 17.8 Å². The van der Waals surface area contributed by atoms with E-state index in [9.17, 15) is 10.1 Å². The Morgan fingerprint density at radius 3 is 2.75 bits per heavy atom. The number of aromatic nitrogens is 2. The van der Waals surface area contributed by atoms with Crippen molar-refractivity contribution < 1.29 is 9.34 Å². The average Bonchev–Trinajstić information content (AvgIpc) is 3.03. The Morgan fingerprint density at radius 1 is 1.21 bits per heavy atom. The minimum atomic E-state index is -0.374. The fourth-order valence-corrected chi connectivity index (χ4v) is 3.46. The highest BCUT2D eigenvalue weighted by Gasteiger charge is 2.15. The SMILES string of the molecule is Cc1c(CSc2nnc(-c3ccccc3Br)o2)cccc1[N+](=O)[O-]. The summed E-state index contributed by atoms with van der Waals surface area (Å²) >= 11 is 4.80. The summed E-state index contributed by atoms with van der Waals surface area (Å²) in [6, 6.07) is 12.6. The first-order chi connectivity index (χ1) is 11.6. The number of nitro benzene ring substituents is 1. The molecule has 3 rings (SSSR count). The second-order valence-corrected chi connectivity index (χ2v) is 6.74. The van der Waals surface area contributed by atoms with Crippen LogP contribution in [-0.4, -0.2) is 15.1 Å². The lowest BCUT2D eigenvalue weighted by atomic mass is 10.1. The van der Waals surface area contributed by atoms with E-state index in [2.05, 4.69) is 26.1 Å². The molecule has 0 radical (unpaired) electrons. The van der Waals surface area contributed by atoms with Crippen LogP contribution >= 0.6 is 27.7 Å². The van der Waals surface area contributed by atoms with Crippen LogP contribution in [0.4, 0.5) is 5.69 Å².